The molecule has 1 aromatic heterocycles. The summed E-state index contributed by atoms with van der Waals surface area (Å²) in [5.41, 5.74) is 7.58. The van der Waals surface area contributed by atoms with Gasteiger partial charge in [0.25, 0.3) is 0 Å². The number of aromatic amines is 1. The average molecular weight is 729 g/mol. The van der Waals surface area contributed by atoms with Crippen LogP contribution in [0.2, 0.25) is 0 Å². The molecule has 15 nitrogen and oxygen atoms in total. The maximum Gasteiger partial charge on any atom is 0.326 e. The van der Waals surface area contributed by atoms with E-state index in [4.69, 9.17) is 5.73 Å². The number of imidazole rings is 1. The number of aliphatic carboxylic acids is 1. The normalized spacial score (nSPS) is 17.3. The molecule has 8 N–H and O–H groups in total. The highest BCUT2D eigenvalue weighted by molar-refractivity contribution is 7.80. The van der Waals surface area contributed by atoms with Crippen LogP contribution in [0.5, 0.6) is 0 Å². The van der Waals surface area contributed by atoms with Gasteiger partial charge in [0, 0.05) is 30.6 Å². The first-order valence-electron chi connectivity index (χ1n) is 17.3. The summed E-state index contributed by atoms with van der Waals surface area (Å²) in [4.78, 5) is 87.5. The van der Waals surface area contributed by atoms with Crippen LogP contribution in [0.25, 0.3) is 0 Å². The van der Waals surface area contributed by atoms with Crippen LogP contribution in [0.15, 0.2) is 42.9 Å². The fourth-order valence-corrected chi connectivity index (χ4v) is 6.22. The Morgan fingerprint density at radius 3 is 2.02 bits per heavy atom. The van der Waals surface area contributed by atoms with E-state index in [1.54, 1.807) is 0 Å². The van der Waals surface area contributed by atoms with Gasteiger partial charge in [-0.1, -0.05) is 58.0 Å². The van der Waals surface area contributed by atoms with Crippen LogP contribution in [-0.4, -0.2) is 104 Å². The molecule has 6 atom stereocenters. The predicted molar refractivity (Wildman–Crippen MR) is 193 cm³/mol. The van der Waals surface area contributed by atoms with E-state index >= 15 is 0 Å². The number of H-pyrrole nitrogens is 1. The summed E-state index contributed by atoms with van der Waals surface area (Å²) < 4.78 is 0. The summed E-state index contributed by atoms with van der Waals surface area (Å²) in [7, 11) is 0. The van der Waals surface area contributed by atoms with Gasteiger partial charge in [-0.2, -0.15) is 12.6 Å². The lowest BCUT2D eigenvalue weighted by molar-refractivity contribution is -0.149. The summed E-state index contributed by atoms with van der Waals surface area (Å²) in [5, 5.41) is 20.4. The number of likely N-dealkylation sites (tertiary alicyclic amines) is 1. The van der Waals surface area contributed by atoms with E-state index in [-0.39, 0.29) is 49.8 Å². The molecule has 280 valence electrons. The van der Waals surface area contributed by atoms with Crippen molar-refractivity contribution in [3.63, 3.8) is 0 Å². The van der Waals surface area contributed by atoms with E-state index in [9.17, 15) is 33.9 Å². The number of benzene rings is 1. The number of hydrogen-bond donors (Lipinski definition) is 8. The van der Waals surface area contributed by atoms with Gasteiger partial charge < -0.3 is 42.0 Å². The van der Waals surface area contributed by atoms with Gasteiger partial charge in [0.2, 0.25) is 29.5 Å². The van der Waals surface area contributed by atoms with Crippen LogP contribution < -0.4 is 27.0 Å². The van der Waals surface area contributed by atoms with Crippen molar-refractivity contribution >= 4 is 48.1 Å². The fraction of sp³-hybridized carbons (Fsp3) is 0.571. The van der Waals surface area contributed by atoms with Crippen LogP contribution in [0.4, 0.5) is 0 Å². The van der Waals surface area contributed by atoms with Crippen molar-refractivity contribution in [2.24, 2.45) is 17.6 Å². The Kier molecular flexibility index (Phi) is 15.9. The molecular formula is C35H52N8O7S. The van der Waals surface area contributed by atoms with Crippen LogP contribution >= 0.6 is 12.6 Å². The standard InChI is InChI=1S/C35H52N8O7S/c1-20(2)13-25(39-30(44)24(36)15-22-9-6-5-7-10-22)31(45)40-26(16-23-17-37-19-38-23)32(46)42-28(18-51)33(47)41-27(14-21(3)4)34(48)43-12-8-11-29(43)35(49)50/h5-7,9-10,17,19-21,24-29,51H,8,11-16,18,36H2,1-4H3,(H,37,38)(H,39,44)(H,40,45)(H,41,47)(H,42,46)(H,49,50)/t24-,25-,26-,27-,28-,29-/m0/s1. The lowest BCUT2D eigenvalue weighted by Gasteiger charge is -2.30. The highest BCUT2D eigenvalue weighted by atomic mass is 32.1. The van der Waals surface area contributed by atoms with Gasteiger partial charge in [-0.25, -0.2) is 9.78 Å². The number of nitrogens with zero attached hydrogens (tertiary/aromatic N) is 2. The zero-order chi connectivity index (χ0) is 37.7. The quantitative estimate of drug-likeness (QED) is 0.0944. The second-order valence-electron chi connectivity index (χ2n) is 13.8. The van der Waals surface area contributed by atoms with E-state index in [0.29, 0.717) is 18.5 Å². The van der Waals surface area contributed by atoms with E-state index in [1.165, 1.54) is 17.4 Å². The molecule has 3 rings (SSSR count). The van der Waals surface area contributed by atoms with Crippen molar-refractivity contribution in [1.82, 2.24) is 36.1 Å². The van der Waals surface area contributed by atoms with Crippen molar-refractivity contribution in [3.05, 3.63) is 54.1 Å². The van der Waals surface area contributed by atoms with Gasteiger partial charge in [0.05, 0.1) is 12.4 Å². The third kappa shape index (κ3) is 12.7. The number of carbonyl (C=O) groups excluding carboxylic acids is 5. The molecule has 16 heteroatoms. The number of nitrogens with two attached hydrogens (primary N) is 1. The van der Waals surface area contributed by atoms with Crippen molar-refractivity contribution in [1.29, 1.82) is 0 Å². The molecule has 0 spiro atoms. The molecular weight excluding hydrogens is 677 g/mol. The average Bonchev–Trinajstić information content (AvgIpc) is 3.79. The molecule has 0 unspecified atom stereocenters. The SMILES string of the molecule is CC(C)C[C@H](NC(=O)[C@@H](N)Cc1ccccc1)C(=O)N[C@@H](Cc1cnc[nH]1)C(=O)N[C@@H](CS)C(=O)N[C@@H](CC(C)C)C(=O)N1CCC[C@H]1C(=O)O. The number of thiol groups is 1. The number of carbonyl (C=O) groups is 6. The van der Waals surface area contributed by atoms with Gasteiger partial charge in [-0.05, 0) is 49.5 Å². The maximum atomic E-state index is 13.8. The van der Waals surface area contributed by atoms with Crippen molar-refractivity contribution in [2.75, 3.05) is 12.3 Å². The Balaban J connectivity index is 1.75. The lowest BCUT2D eigenvalue weighted by Crippen LogP contribution is -2.60. The Bertz CT molecular complexity index is 1470. The number of nitrogens with one attached hydrogen (secondary N) is 5. The van der Waals surface area contributed by atoms with Gasteiger partial charge in [0.1, 0.15) is 30.2 Å². The minimum Gasteiger partial charge on any atom is -0.480 e. The highest BCUT2D eigenvalue weighted by Crippen LogP contribution is 2.20. The summed E-state index contributed by atoms with van der Waals surface area (Å²) in [6.07, 6.45) is 4.54. The van der Waals surface area contributed by atoms with Gasteiger partial charge in [-0.3, -0.25) is 24.0 Å². The summed E-state index contributed by atoms with van der Waals surface area (Å²) in [6, 6.07) is 2.92. The molecule has 1 aliphatic rings. The highest BCUT2D eigenvalue weighted by Gasteiger charge is 2.39. The summed E-state index contributed by atoms with van der Waals surface area (Å²) in [6.45, 7) is 7.79. The smallest absolute Gasteiger partial charge is 0.326 e. The van der Waals surface area contributed by atoms with Crippen molar-refractivity contribution in [3.8, 4) is 0 Å². The number of rotatable bonds is 19. The molecule has 2 aromatic rings. The number of carboxylic acid groups (broad SMARTS) is 1. The first-order valence-corrected chi connectivity index (χ1v) is 18.0. The second kappa shape index (κ2) is 19.8. The number of hydrogen-bond acceptors (Lipinski definition) is 9. The summed E-state index contributed by atoms with van der Waals surface area (Å²) in [5.74, 6) is -4.30. The maximum absolute atomic E-state index is 13.8. The number of carboxylic acids is 1. The zero-order valence-electron chi connectivity index (χ0n) is 29.6. The third-order valence-corrected chi connectivity index (χ3v) is 8.91. The molecule has 51 heavy (non-hydrogen) atoms. The van der Waals surface area contributed by atoms with E-state index < -0.39 is 71.8 Å². The molecule has 2 heterocycles. The molecule has 0 saturated carbocycles. The minimum atomic E-state index is -1.21. The zero-order valence-corrected chi connectivity index (χ0v) is 30.5. The Morgan fingerprint density at radius 1 is 0.863 bits per heavy atom. The molecule has 1 saturated heterocycles. The Labute approximate surface area is 304 Å². The van der Waals surface area contributed by atoms with Gasteiger partial charge in [0.15, 0.2) is 0 Å². The number of amides is 5. The molecule has 0 radical (unpaired) electrons. The molecule has 1 aliphatic heterocycles. The van der Waals surface area contributed by atoms with Crippen LogP contribution in [0.1, 0.15) is 64.6 Å². The van der Waals surface area contributed by atoms with Crippen LogP contribution in [-0.2, 0) is 41.6 Å². The van der Waals surface area contributed by atoms with E-state index in [0.717, 1.165) is 5.56 Å². The molecule has 5 amide bonds. The molecule has 0 aliphatic carbocycles. The first kappa shape index (κ1) is 41.0. The van der Waals surface area contributed by atoms with E-state index in [1.807, 2.05) is 58.0 Å². The monoisotopic (exact) mass is 728 g/mol. The topological polar surface area (TPSA) is 229 Å². The molecule has 1 fully saturated rings. The lowest BCUT2D eigenvalue weighted by atomic mass is 10.0. The van der Waals surface area contributed by atoms with Gasteiger partial charge >= 0.3 is 5.97 Å². The largest absolute Gasteiger partial charge is 0.480 e. The Hall–Kier alpha value is -4.44. The second-order valence-corrected chi connectivity index (χ2v) is 14.2. The fourth-order valence-electron chi connectivity index (χ4n) is 5.96. The molecule has 1 aromatic carbocycles. The summed E-state index contributed by atoms with van der Waals surface area (Å²) >= 11 is 4.28. The first-order chi connectivity index (χ1) is 24.2. The van der Waals surface area contributed by atoms with Crippen molar-refractivity contribution < 1.29 is 33.9 Å². The van der Waals surface area contributed by atoms with Crippen molar-refractivity contribution in [2.45, 2.75) is 102 Å². The van der Waals surface area contributed by atoms with Crippen LogP contribution in [0, 0.1) is 11.8 Å². The molecule has 0 bridgehead atoms. The predicted octanol–water partition coefficient (Wildman–Crippen LogP) is 0.559. The minimum absolute atomic E-state index is 0.00336. The van der Waals surface area contributed by atoms with Gasteiger partial charge in [-0.15, -0.1) is 0 Å². The van der Waals surface area contributed by atoms with E-state index in [2.05, 4.69) is 43.9 Å². The third-order valence-electron chi connectivity index (χ3n) is 8.55. The Morgan fingerprint density at radius 2 is 1.43 bits per heavy atom. The van der Waals surface area contributed by atoms with Crippen LogP contribution in [0.3, 0.4) is 0 Å². The number of aromatic nitrogens is 2.